The molecule has 0 bridgehead atoms. The molecule has 5 heteroatoms. The summed E-state index contributed by atoms with van der Waals surface area (Å²) < 4.78 is 0. The number of hydrogen-bond donors (Lipinski definition) is 2. The van der Waals surface area contributed by atoms with Gasteiger partial charge in [0, 0.05) is 17.0 Å². The maximum absolute atomic E-state index is 12.1. The summed E-state index contributed by atoms with van der Waals surface area (Å²) in [4.78, 5) is 23.7. The Morgan fingerprint density at radius 1 is 1.08 bits per heavy atom. The van der Waals surface area contributed by atoms with Gasteiger partial charge in [-0.1, -0.05) is 29.8 Å². The lowest BCUT2D eigenvalue weighted by Gasteiger charge is -2.08. The molecule has 0 unspecified atom stereocenters. The Hall–Kier alpha value is -2.27. The Morgan fingerprint density at radius 3 is 2.42 bits per heavy atom. The summed E-state index contributed by atoms with van der Waals surface area (Å²) in [5.41, 5.74) is 4.06. The van der Waals surface area contributed by atoms with E-state index in [2.05, 4.69) is 11.4 Å². The highest BCUT2D eigenvalue weighted by Crippen LogP contribution is 2.23. The average Bonchev–Trinajstić information content (AvgIpc) is 2.53. The van der Waals surface area contributed by atoms with E-state index in [1.165, 1.54) is 22.9 Å². The number of benzene rings is 2. The van der Waals surface area contributed by atoms with Gasteiger partial charge < -0.3 is 10.4 Å². The van der Waals surface area contributed by atoms with Crippen molar-refractivity contribution in [2.24, 2.45) is 0 Å². The van der Waals surface area contributed by atoms with Crippen LogP contribution in [0, 0.1) is 13.8 Å². The van der Waals surface area contributed by atoms with Gasteiger partial charge in [-0.15, -0.1) is 11.8 Å². The van der Waals surface area contributed by atoms with Crippen LogP contribution in [0.1, 0.15) is 23.1 Å². The number of amides is 1. The lowest BCUT2D eigenvalue weighted by molar-refractivity contribution is -0.137. The topological polar surface area (TPSA) is 66.4 Å². The third-order valence-electron chi connectivity index (χ3n) is 3.55. The number of aryl methyl sites for hydroxylation is 3. The van der Waals surface area contributed by atoms with Gasteiger partial charge in [0.05, 0.1) is 5.75 Å². The molecule has 2 N–H and O–H groups in total. The Balaban J connectivity index is 1.84. The summed E-state index contributed by atoms with van der Waals surface area (Å²) in [6.07, 6.45) is 0.602. The second kappa shape index (κ2) is 8.55. The van der Waals surface area contributed by atoms with E-state index < -0.39 is 5.97 Å². The zero-order valence-electron chi connectivity index (χ0n) is 13.8. The Kier molecular flexibility index (Phi) is 6.44. The quantitative estimate of drug-likeness (QED) is 0.744. The van der Waals surface area contributed by atoms with Crippen LogP contribution in [0.2, 0.25) is 0 Å². The molecular weight excluding hydrogens is 322 g/mol. The fourth-order valence-corrected chi connectivity index (χ4v) is 3.12. The number of rotatable bonds is 7. The Bertz CT molecular complexity index is 726. The SMILES string of the molecule is Cc1ccc(SCC(=O)Nc2ccc(CCC(=O)O)cc2)c(C)c1. The Morgan fingerprint density at radius 2 is 1.79 bits per heavy atom. The highest BCUT2D eigenvalue weighted by molar-refractivity contribution is 8.00. The smallest absolute Gasteiger partial charge is 0.303 e. The molecule has 24 heavy (non-hydrogen) atoms. The van der Waals surface area contributed by atoms with E-state index in [1.807, 2.05) is 38.1 Å². The molecule has 0 radical (unpaired) electrons. The lowest BCUT2D eigenvalue weighted by atomic mass is 10.1. The fraction of sp³-hybridized carbons (Fsp3) is 0.263. The second-order valence-corrected chi connectivity index (χ2v) is 6.71. The molecule has 0 aliphatic heterocycles. The van der Waals surface area contributed by atoms with Crippen LogP contribution < -0.4 is 5.32 Å². The van der Waals surface area contributed by atoms with Crippen molar-refractivity contribution < 1.29 is 14.7 Å². The summed E-state index contributed by atoms with van der Waals surface area (Å²) in [6.45, 7) is 4.09. The number of aliphatic carboxylic acids is 1. The van der Waals surface area contributed by atoms with Gasteiger partial charge in [0.2, 0.25) is 5.91 Å². The molecule has 2 aromatic carbocycles. The minimum Gasteiger partial charge on any atom is -0.481 e. The highest BCUT2D eigenvalue weighted by atomic mass is 32.2. The molecule has 2 aromatic rings. The third kappa shape index (κ3) is 5.74. The number of thioether (sulfide) groups is 1. The molecule has 126 valence electrons. The van der Waals surface area contributed by atoms with Crippen LogP contribution in [0.15, 0.2) is 47.4 Å². The fourth-order valence-electron chi connectivity index (χ4n) is 2.31. The number of carboxylic acids is 1. The van der Waals surface area contributed by atoms with Gasteiger partial charge in [-0.05, 0) is 49.6 Å². The van der Waals surface area contributed by atoms with Crippen LogP contribution in [0.5, 0.6) is 0 Å². The zero-order valence-corrected chi connectivity index (χ0v) is 14.7. The highest BCUT2D eigenvalue weighted by Gasteiger charge is 2.06. The van der Waals surface area contributed by atoms with Gasteiger partial charge in [-0.3, -0.25) is 9.59 Å². The van der Waals surface area contributed by atoms with Gasteiger partial charge in [-0.2, -0.15) is 0 Å². The van der Waals surface area contributed by atoms with Crippen molar-refractivity contribution in [1.82, 2.24) is 0 Å². The van der Waals surface area contributed by atoms with Crippen molar-refractivity contribution in [1.29, 1.82) is 0 Å². The van der Waals surface area contributed by atoms with Crippen LogP contribution in [0.3, 0.4) is 0 Å². The van der Waals surface area contributed by atoms with Crippen molar-refractivity contribution in [3.63, 3.8) is 0 Å². The monoisotopic (exact) mass is 343 g/mol. The summed E-state index contributed by atoms with van der Waals surface area (Å²) in [7, 11) is 0. The van der Waals surface area contributed by atoms with Crippen LogP contribution in [0.25, 0.3) is 0 Å². The average molecular weight is 343 g/mol. The molecule has 0 aliphatic carbocycles. The van der Waals surface area contributed by atoms with E-state index in [0.29, 0.717) is 12.2 Å². The minimum absolute atomic E-state index is 0.0572. The number of carboxylic acid groups (broad SMARTS) is 1. The molecular formula is C19H21NO3S. The predicted octanol–water partition coefficient (Wildman–Crippen LogP) is 4.05. The molecule has 0 aliphatic rings. The van der Waals surface area contributed by atoms with E-state index in [4.69, 9.17) is 5.11 Å². The molecule has 0 saturated carbocycles. The van der Waals surface area contributed by atoms with E-state index in [9.17, 15) is 9.59 Å². The second-order valence-electron chi connectivity index (χ2n) is 5.70. The number of nitrogens with one attached hydrogen (secondary N) is 1. The molecule has 0 fully saturated rings. The van der Waals surface area contributed by atoms with Gasteiger partial charge >= 0.3 is 5.97 Å². The van der Waals surface area contributed by atoms with Gasteiger partial charge in [0.1, 0.15) is 0 Å². The molecule has 0 spiro atoms. The maximum Gasteiger partial charge on any atom is 0.303 e. The number of carbonyl (C=O) groups excluding carboxylic acids is 1. The first-order chi connectivity index (χ1) is 11.4. The molecule has 4 nitrogen and oxygen atoms in total. The summed E-state index contributed by atoms with van der Waals surface area (Å²) in [5.74, 6) is -0.515. The summed E-state index contributed by atoms with van der Waals surface area (Å²) in [5, 5.41) is 11.5. The zero-order chi connectivity index (χ0) is 17.5. The van der Waals surface area contributed by atoms with Crippen LogP contribution >= 0.6 is 11.8 Å². The van der Waals surface area contributed by atoms with Crippen molar-refractivity contribution in [3.05, 3.63) is 59.2 Å². The minimum atomic E-state index is -0.809. The van der Waals surface area contributed by atoms with Crippen molar-refractivity contribution >= 4 is 29.3 Å². The van der Waals surface area contributed by atoms with Crippen LogP contribution in [-0.2, 0) is 16.0 Å². The number of carbonyl (C=O) groups is 2. The van der Waals surface area contributed by atoms with Gasteiger partial charge in [0.15, 0.2) is 0 Å². The first-order valence-electron chi connectivity index (χ1n) is 7.74. The van der Waals surface area contributed by atoms with E-state index >= 15 is 0 Å². The number of hydrogen-bond acceptors (Lipinski definition) is 3. The normalized spacial score (nSPS) is 10.4. The lowest BCUT2D eigenvalue weighted by Crippen LogP contribution is -2.14. The van der Waals surface area contributed by atoms with E-state index in [1.54, 1.807) is 12.1 Å². The third-order valence-corrected chi connectivity index (χ3v) is 4.73. The number of anilines is 1. The van der Waals surface area contributed by atoms with Crippen molar-refractivity contribution in [3.8, 4) is 0 Å². The van der Waals surface area contributed by atoms with Crippen LogP contribution in [0.4, 0.5) is 5.69 Å². The predicted molar refractivity (Wildman–Crippen MR) is 97.7 cm³/mol. The molecule has 0 heterocycles. The summed E-state index contributed by atoms with van der Waals surface area (Å²) in [6, 6.07) is 13.5. The summed E-state index contributed by atoms with van der Waals surface area (Å²) >= 11 is 1.52. The first kappa shape index (κ1) is 18.1. The molecule has 0 aromatic heterocycles. The largest absolute Gasteiger partial charge is 0.481 e. The van der Waals surface area contributed by atoms with Crippen molar-refractivity contribution in [2.45, 2.75) is 31.6 Å². The van der Waals surface area contributed by atoms with Crippen LogP contribution in [-0.4, -0.2) is 22.7 Å². The molecule has 1 amide bonds. The maximum atomic E-state index is 12.1. The van der Waals surface area contributed by atoms with Gasteiger partial charge in [-0.25, -0.2) is 0 Å². The Labute approximate surface area is 146 Å². The first-order valence-corrected chi connectivity index (χ1v) is 8.73. The molecule has 2 rings (SSSR count). The van der Waals surface area contributed by atoms with E-state index in [0.717, 1.165) is 16.1 Å². The standard InChI is InChI=1S/C19H21NO3S/c1-13-3-9-17(14(2)11-13)24-12-18(21)20-16-7-4-15(5-8-16)6-10-19(22)23/h3-5,7-9,11H,6,10,12H2,1-2H3,(H,20,21)(H,22,23). The van der Waals surface area contributed by atoms with Crippen molar-refractivity contribution in [2.75, 3.05) is 11.1 Å². The van der Waals surface area contributed by atoms with E-state index in [-0.39, 0.29) is 12.3 Å². The van der Waals surface area contributed by atoms with Gasteiger partial charge in [0.25, 0.3) is 0 Å². The molecule has 0 atom stereocenters. The molecule has 0 saturated heterocycles.